The Morgan fingerprint density at radius 2 is 2.30 bits per heavy atom. The van der Waals surface area contributed by atoms with Gasteiger partial charge in [0, 0.05) is 6.20 Å². The average Bonchev–Trinajstić information content (AvgIpc) is 2.96. The second-order valence-electron chi connectivity index (χ2n) is 5.70. The van der Waals surface area contributed by atoms with Gasteiger partial charge in [-0.05, 0) is 41.8 Å². The number of amides is 1. The fraction of sp³-hybridized carbons (Fsp3) is 0.375. The monoisotopic (exact) mass is 333 g/mol. The second-order valence-corrected chi connectivity index (χ2v) is 6.62. The lowest BCUT2D eigenvalue weighted by Crippen LogP contribution is -2.41. The quantitative estimate of drug-likeness (QED) is 0.777. The molecule has 1 aliphatic rings. The third-order valence-electron chi connectivity index (χ3n) is 4.14. The van der Waals surface area contributed by atoms with Crippen LogP contribution >= 0.6 is 11.3 Å². The van der Waals surface area contributed by atoms with Gasteiger partial charge in [-0.1, -0.05) is 0 Å². The molecule has 23 heavy (non-hydrogen) atoms. The largest absolute Gasteiger partial charge is 0.495 e. The van der Waals surface area contributed by atoms with Crippen LogP contribution in [0.1, 0.15) is 34.1 Å². The molecule has 4 N–H and O–H groups in total. The Morgan fingerprint density at radius 1 is 1.52 bits per heavy atom. The highest BCUT2D eigenvalue weighted by atomic mass is 32.1. The van der Waals surface area contributed by atoms with Gasteiger partial charge in [0.15, 0.2) is 0 Å². The number of rotatable bonds is 5. The first-order valence-corrected chi connectivity index (χ1v) is 8.27. The van der Waals surface area contributed by atoms with Gasteiger partial charge in [0.25, 0.3) is 5.91 Å². The Kier molecular flexibility index (Phi) is 4.49. The zero-order valence-electron chi connectivity index (χ0n) is 12.7. The molecule has 2 heterocycles. The Balaban J connectivity index is 1.84. The molecular weight excluding hydrogens is 314 g/mol. The predicted octanol–water partition coefficient (Wildman–Crippen LogP) is 1.98. The number of carbonyl (C=O) groups is 1. The molecule has 1 aliphatic carbocycles. The Hall–Kier alpha value is -2.12. The molecule has 0 unspecified atom stereocenters. The number of nitrogens with one attached hydrogen (secondary N) is 1. The molecule has 0 spiro atoms. The Morgan fingerprint density at radius 3 is 2.91 bits per heavy atom. The van der Waals surface area contributed by atoms with Crippen LogP contribution in [0.2, 0.25) is 0 Å². The number of methoxy groups -OCH3 is 1. The maximum atomic E-state index is 12.5. The van der Waals surface area contributed by atoms with E-state index in [0.29, 0.717) is 29.2 Å². The van der Waals surface area contributed by atoms with Crippen LogP contribution in [0.5, 0.6) is 5.75 Å². The molecule has 7 heteroatoms. The van der Waals surface area contributed by atoms with Crippen LogP contribution in [-0.2, 0) is 0 Å². The summed E-state index contributed by atoms with van der Waals surface area (Å²) in [6, 6.07) is 3.35. The number of nitrogen functional groups attached to an aromatic ring is 1. The van der Waals surface area contributed by atoms with Gasteiger partial charge < -0.3 is 20.9 Å². The summed E-state index contributed by atoms with van der Waals surface area (Å²) < 4.78 is 5.21. The summed E-state index contributed by atoms with van der Waals surface area (Å²) in [5.74, 6) is 0.605. The van der Waals surface area contributed by atoms with Crippen molar-refractivity contribution >= 4 is 22.9 Å². The molecular formula is C16H19N3O3S. The van der Waals surface area contributed by atoms with Crippen LogP contribution in [0.3, 0.4) is 0 Å². The fourth-order valence-electron chi connectivity index (χ4n) is 2.80. The van der Waals surface area contributed by atoms with E-state index in [0.717, 1.165) is 5.56 Å². The first kappa shape index (κ1) is 15.8. The first-order valence-electron chi connectivity index (χ1n) is 7.39. The number of thiophene rings is 1. The van der Waals surface area contributed by atoms with Crippen molar-refractivity contribution in [2.45, 2.75) is 25.0 Å². The zero-order chi connectivity index (χ0) is 16.4. The van der Waals surface area contributed by atoms with Crippen molar-refractivity contribution in [1.29, 1.82) is 0 Å². The number of ether oxygens (including phenoxy) is 1. The summed E-state index contributed by atoms with van der Waals surface area (Å²) in [6.45, 7) is 0. The van der Waals surface area contributed by atoms with E-state index < -0.39 is 0 Å². The van der Waals surface area contributed by atoms with Gasteiger partial charge in [0.2, 0.25) is 0 Å². The maximum Gasteiger partial charge on any atom is 0.263 e. The number of nitrogens with two attached hydrogens (primary N) is 1. The normalized spacial score (nSPS) is 21.3. The van der Waals surface area contributed by atoms with Gasteiger partial charge in [-0.2, -0.15) is 0 Å². The van der Waals surface area contributed by atoms with E-state index in [1.807, 2.05) is 6.07 Å². The molecule has 2 aromatic rings. The Labute approximate surface area is 138 Å². The highest BCUT2D eigenvalue weighted by molar-refractivity contribution is 7.12. The summed E-state index contributed by atoms with van der Waals surface area (Å²) in [5.41, 5.74) is 7.16. The van der Waals surface area contributed by atoms with Crippen LogP contribution in [-0.4, -0.2) is 29.2 Å². The second kappa shape index (κ2) is 6.55. The number of aliphatic hydroxyl groups excluding tert-OH is 1. The number of hydrogen-bond donors (Lipinski definition) is 3. The highest BCUT2D eigenvalue weighted by Crippen LogP contribution is 2.39. The van der Waals surface area contributed by atoms with E-state index in [9.17, 15) is 9.90 Å². The third-order valence-corrected chi connectivity index (χ3v) is 5.07. The van der Waals surface area contributed by atoms with Crippen molar-refractivity contribution in [1.82, 2.24) is 10.3 Å². The third kappa shape index (κ3) is 3.30. The predicted molar refractivity (Wildman–Crippen MR) is 88.5 cm³/mol. The number of hydrogen-bond acceptors (Lipinski definition) is 6. The number of carbonyl (C=O) groups excluding carboxylic acids is 1. The van der Waals surface area contributed by atoms with Gasteiger partial charge in [-0.15, -0.1) is 11.3 Å². The first-order chi connectivity index (χ1) is 11.1. The standard InChI is InChI=1S/C16H19N3O3S/c1-22-12-6-10(7-18-8-12)14(9-4-11(20)5-9)19-16(21)15-13(17)2-3-23-15/h2-3,6-9,11,14,20H,4-5,17H2,1H3,(H,19,21)/t9?,11?,14-/m0/s1. The molecule has 0 radical (unpaired) electrons. The number of aromatic nitrogens is 1. The minimum Gasteiger partial charge on any atom is -0.495 e. The number of pyridine rings is 1. The molecule has 2 aromatic heterocycles. The molecule has 1 fully saturated rings. The minimum atomic E-state index is -0.301. The van der Waals surface area contributed by atoms with Crippen LogP contribution in [0, 0.1) is 5.92 Å². The molecule has 0 bridgehead atoms. The van der Waals surface area contributed by atoms with Gasteiger partial charge in [-0.3, -0.25) is 9.78 Å². The minimum absolute atomic E-state index is 0.170. The molecule has 0 aliphatic heterocycles. The summed E-state index contributed by atoms with van der Waals surface area (Å²) in [7, 11) is 1.58. The fourth-order valence-corrected chi connectivity index (χ4v) is 3.52. The summed E-state index contributed by atoms with van der Waals surface area (Å²) >= 11 is 1.31. The molecule has 0 aromatic carbocycles. The molecule has 1 amide bonds. The Bertz CT molecular complexity index is 697. The molecule has 0 saturated heterocycles. The van der Waals surface area contributed by atoms with Crippen LogP contribution in [0.25, 0.3) is 0 Å². The van der Waals surface area contributed by atoms with Gasteiger partial charge >= 0.3 is 0 Å². The van der Waals surface area contributed by atoms with Crippen molar-refractivity contribution in [2.24, 2.45) is 5.92 Å². The molecule has 6 nitrogen and oxygen atoms in total. The molecule has 1 saturated carbocycles. The lowest BCUT2D eigenvalue weighted by Gasteiger charge is -2.38. The van der Waals surface area contributed by atoms with E-state index in [2.05, 4.69) is 10.3 Å². The van der Waals surface area contributed by atoms with E-state index in [-0.39, 0.29) is 24.0 Å². The summed E-state index contributed by atoms with van der Waals surface area (Å²) in [6.07, 6.45) is 4.35. The number of aliphatic hydroxyl groups is 1. The van der Waals surface area contributed by atoms with E-state index in [1.54, 1.807) is 30.9 Å². The van der Waals surface area contributed by atoms with E-state index in [4.69, 9.17) is 10.5 Å². The topological polar surface area (TPSA) is 97.5 Å². The number of nitrogens with zero attached hydrogens (tertiary/aromatic N) is 1. The maximum absolute atomic E-state index is 12.5. The van der Waals surface area contributed by atoms with E-state index >= 15 is 0 Å². The molecule has 3 rings (SSSR count). The molecule has 1 atom stereocenters. The SMILES string of the molecule is COc1cncc([C@@H](NC(=O)c2sccc2N)C2CC(O)C2)c1. The van der Waals surface area contributed by atoms with Crippen molar-refractivity contribution in [3.8, 4) is 5.75 Å². The zero-order valence-corrected chi connectivity index (χ0v) is 13.5. The lowest BCUT2D eigenvalue weighted by atomic mass is 9.75. The van der Waals surface area contributed by atoms with Gasteiger partial charge in [0.05, 0.1) is 31.1 Å². The lowest BCUT2D eigenvalue weighted by molar-refractivity contribution is 0.0235. The van der Waals surface area contributed by atoms with E-state index in [1.165, 1.54) is 11.3 Å². The number of anilines is 1. The van der Waals surface area contributed by atoms with Crippen molar-refractivity contribution in [3.05, 3.63) is 40.3 Å². The van der Waals surface area contributed by atoms with Crippen molar-refractivity contribution < 1.29 is 14.6 Å². The van der Waals surface area contributed by atoms with Gasteiger partial charge in [-0.25, -0.2) is 0 Å². The highest BCUT2D eigenvalue weighted by Gasteiger charge is 2.36. The smallest absolute Gasteiger partial charge is 0.263 e. The van der Waals surface area contributed by atoms with Crippen molar-refractivity contribution in [2.75, 3.05) is 12.8 Å². The van der Waals surface area contributed by atoms with Gasteiger partial charge in [0.1, 0.15) is 10.6 Å². The summed E-state index contributed by atoms with van der Waals surface area (Å²) in [5, 5.41) is 14.4. The molecule has 122 valence electrons. The summed E-state index contributed by atoms with van der Waals surface area (Å²) in [4.78, 5) is 17.2. The van der Waals surface area contributed by atoms with Crippen LogP contribution in [0.4, 0.5) is 5.69 Å². The average molecular weight is 333 g/mol. The van der Waals surface area contributed by atoms with Crippen LogP contribution in [0.15, 0.2) is 29.9 Å². The van der Waals surface area contributed by atoms with Crippen LogP contribution < -0.4 is 15.8 Å². The van der Waals surface area contributed by atoms with Crippen molar-refractivity contribution in [3.63, 3.8) is 0 Å².